The summed E-state index contributed by atoms with van der Waals surface area (Å²) in [7, 11) is 0. The Morgan fingerprint density at radius 3 is 1.24 bits per heavy atom. The van der Waals surface area contributed by atoms with Crippen molar-refractivity contribution in [1.29, 1.82) is 0 Å². The third-order valence-corrected chi connectivity index (χ3v) is 17.1. The van der Waals surface area contributed by atoms with Crippen molar-refractivity contribution in [3.63, 3.8) is 0 Å². The molecule has 1 fully saturated rings. The number of carbonyl (C=O) groups is 2. The predicted molar refractivity (Wildman–Crippen MR) is 288 cm³/mol. The predicted octanol–water partition coefficient (Wildman–Crippen LogP) is 16.9. The minimum atomic E-state index is -1.56. The van der Waals surface area contributed by atoms with Gasteiger partial charge in [-0.3, -0.25) is 9.59 Å². The van der Waals surface area contributed by atoms with E-state index in [4.69, 9.17) is 18.9 Å². The molecule has 1 spiro atoms. The van der Waals surface area contributed by atoms with E-state index in [1.54, 1.807) is 0 Å². The molecule has 2 aromatic carbocycles. The lowest BCUT2D eigenvalue weighted by Crippen LogP contribution is -2.63. The standard InChI is InChI=1S/C33H52O6.C29H50O2/c1-21(2)12-9-13-22(3)14-10-15-23(4)16-11-19-32(8)33(37-28(34)17-18-29(35)38-33)20-27-26(7)30(36)24(5)25(6)31(27)39-32;1-20(2)12-9-13-21(3)14-10-15-22(4)16-11-18-29(8)19-17-26-25(7)27(30)23(5)24(6)28(26)31-29/h21-23,36H,9-20H2,1-8H3;20-22,30H,9-19H2,1-8H3/t22-,23+,32-;21-,22+,29-/m00/s1. The molecule has 0 unspecified atom stereocenters. The summed E-state index contributed by atoms with van der Waals surface area (Å²) in [5.41, 5.74) is 6.21. The third-order valence-electron chi connectivity index (χ3n) is 17.1. The SMILES string of the molecule is Cc1c(C)c2c(c(C)c1O)CC1(OC(=O)CCC(=O)O1)[C@](C)(CCC[C@H](C)CCC[C@@H](C)CCCC(C)C)O2.Cc1c(C)c2c(c(C)c1O)CC[C@](C)(CCC[C@H](C)CCC[C@@H](C)CCCC(C)C)O2. The van der Waals surface area contributed by atoms with Crippen LogP contribution >= 0.6 is 0 Å². The van der Waals surface area contributed by atoms with Crippen LogP contribution in [0.25, 0.3) is 0 Å². The fraction of sp³-hybridized carbons (Fsp3) is 0.774. The maximum absolute atomic E-state index is 12.7. The molecular weight excluding hydrogens is 873 g/mol. The number of ether oxygens (including phenoxy) is 4. The summed E-state index contributed by atoms with van der Waals surface area (Å²) in [5.74, 6) is 4.60. The number of phenols is 2. The van der Waals surface area contributed by atoms with Crippen molar-refractivity contribution in [1.82, 2.24) is 0 Å². The minimum Gasteiger partial charge on any atom is -0.507 e. The lowest BCUT2D eigenvalue weighted by Gasteiger charge is -2.49. The first-order valence-electron chi connectivity index (χ1n) is 28.3. The monoisotopic (exact) mass is 975 g/mol. The number of hydrogen-bond acceptors (Lipinski definition) is 8. The van der Waals surface area contributed by atoms with Crippen LogP contribution in [0.2, 0.25) is 0 Å². The zero-order valence-corrected chi connectivity index (χ0v) is 47.6. The van der Waals surface area contributed by atoms with Crippen molar-refractivity contribution in [3.05, 3.63) is 44.5 Å². The quantitative estimate of drug-likeness (QED) is 0.100. The molecule has 0 aromatic heterocycles. The number of fused-ring (bicyclic) bond motifs is 2. The smallest absolute Gasteiger partial charge is 0.309 e. The lowest BCUT2D eigenvalue weighted by atomic mass is 9.78. The van der Waals surface area contributed by atoms with Crippen molar-refractivity contribution in [2.24, 2.45) is 35.5 Å². The Bertz CT molecular complexity index is 2000. The van der Waals surface area contributed by atoms with Gasteiger partial charge in [-0.05, 0) is 163 Å². The van der Waals surface area contributed by atoms with E-state index >= 15 is 0 Å². The van der Waals surface area contributed by atoms with Gasteiger partial charge < -0.3 is 29.2 Å². The molecule has 398 valence electrons. The van der Waals surface area contributed by atoms with Crippen molar-refractivity contribution < 1.29 is 38.7 Å². The van der Waals surface area contributed by atoms with E-state index in [2.05, 4.69) is 69.2 Å². The van der Waals surface area contributed by atoms with Crippen LogP contribution in [-0.2, 0) is 31.9 Å². The zero-order valence-electron chi connectivity index (χ0n) is 47.6. The summed E-state index contributed by atoms with van der Waals surface area (Å²) < 4.78 is 25.2. The van der Waals surface area contributed by atoms with E-state index in [-0.39, 0.29) is 30.6 Å². The van der Waals surface area contributed by atoms with Gasteiger partial charge >= 0.3 is 11.9 Å². The molecule has 6 atom stereocenters. The molecule has 8 heteroatoms. The van der Waals surface area contributed by atoms with Gasteiger partial charge in [0.1, 0.15) is 28.6 Å². The van der Waals surface area contributed by atoms with E-state index in [1.807, 2.05) is 41.5 Å². The Balaban J connectivity index is 0.000000313. The largest absolute Gasteiger partial charge is 0.507 e. The fourth-order valence-corrected chi connectivity index (χ4v) is 11.5. The van der Waals surface area contributed by atoms with Gasteiger partial charge in [0, 0.05) is 11.1 Å². The van der Waals surface area contributed by atoms with Crippen LogP contribution in [0.15, 0.2) is 0 Å². The Morgan fingerprint density at radius 1 is 0.443 bits per heavy atom. The highest BCUT2D eigenvalue weighted by atomic mass is 16.8. The van der Waals surface area contributed by atoms with Crippen LogP contribution in [0, 0.1) is 77.0 Å². The van der Waals surface area contributed by atoms with E-state index < -0.39 is 23.3 Å². The molecule has 0 amide bonds. The van der Waals surface area contributed by atoms with Gasteiger partial charge in [-0.15, -0.1) is 0 Å². The normalized spacial score (nSPS) is 21.3. The molecule has 0 saturated carbocycles. The van der Waals surface area contributed by atoms with Crippen LogP contribution in [0.4, 0.5) is 0 Å². The number of esters is 2. The van der Waals surface area contributed by atoms with E-state index in [0.29, 0.717) is 29.4 Å². The topological polar surface area (TPSA) is 112 Å². The molecule has 0 aliphatic carbocycles. The van der Waals surface area contributed by atoms with Gasteiger partial charge in [-0.1, -0.05) is 145 Å². The number of aromatic hydroxyl groups is 2. The molecule has 3 aliphatic rings. The molecular formula is C62H102O8. The number of carbonyl (C=O) groups excluding carboxylic acids is 2. The summed E-state index contributed by atoms with van der Waals surface area (Å²) in [6, 6.07) is 0. The van der Waals surface area contributed by atoms with Gasteiger partial charge in [0.2, 0.25) is 0 Å². The molecule has 2 aromatic rings. The highest BCUT2D eigenvalue weighted by Crippen LogP contribution is 2.51. The van der Waals surface area contributed by atoms with Gasteiger partial charge in [0.05, 0.1) is 19.3 Å². The summed E-state index contributed by atoms with van der Waals surface area (Å²) in [4.78, 5) is 25.3. The summed E-state index contributed by atoms with van der Waals surface area (Å²) in [6.45, 7) is 34.8. The number of rotatable bonds is 24. The summed E-state index contributed by atoms with van der Waals surface area (Å²) in [6.07, 6.45) is 24.4. The Labute approximate surface area is 427 Å². The van der Waals surface area contributed by atoms with Crippen molar-refractivity contribution in [3.8, 4) is 23.0 Å². The molecule has 5 rings (SSSR count). The summed E-state index contributed by atoms with van der Waals surface area (Å²) in [5, 5.41) is 21.1. The highest BCUT2D eigenvalue weighted by Gasteiger charge is 2.61. The van der Waals surface area contributed by atoms with Crippen LogP contribution in [0.1, 0.15) is 249 Å². The molecule has 0 radical (unpaired) electrons. The maximum atomic E-state index is 12.7. The fourth-order valence-electron chi connectivity index (χ4n) is 11.5. The van der Waals surface area contributed by atoms with Crippen LogP contribution in [-0.4, -0.2) is 39.1 Å². The first-order valence-corrected chi connectivity index (χ1v) is 28.3. The van der Waals surface area contributed by atoms with Crippen LogP contribution in [0.5, 0.6) is 23.0 Å². The number of phenolic OH excluding ortho intramolecular Hbond substituents is 2. The van der Waals surface area contributed by atoms with E-state index in [0.717, 1.165) is 101 Å². The van der Waals surface area contributed by atoms with Crippen molar-refractivity contribution >= 4 is 11.9 Å². The molecule has 1 saturated heterocycles. The van der Waals surface area contributed by atoms with Gasteiger partial charge in [-0.25, -0.2) is 0 Å². The number of benzene rings is 2. The van der Waals surface area contributed by atoms with E-state index in [1.165, 1.54) is 95.5 Å². The molecule has 70 heavy (non-hydrogen) atoms. The third kappa shape index (κ3) is 16.0. The van der Waals surface area contributed by atoms with Crippen molar-refractivity contribution in [2.45, 2.75) is 275 Å². The Morgan fingerprint density at radius 2 is 0.814 bits per heavy atom. The minimum absolute atomic E-state index is 0.00634. The van der Waals surface area contributed by atoms with Gasteiger partial charge in [-0.2, -0.15) is 0 Å². The Kier molecular flexibility index (Phi) is 22.4. The molecule has 2 N–H and O–H groups in total. The van der Waals surface area contributed by atoms with Gasteiger partial charge in [0.15, 0.2) is 5.60 Å². The zero-order chi connectivity index (χ0) is 52.1. The first kappa shape index (κ1) is 59.1. The second-order valence-electron chi connectivity index (χ2n) is 24.5. The first-order chi connectivity index (χ1) is 32.8. The van der Waals surface area contributed by atoms with E-state index in [9.17, 15) is 19.8 Å². The van der Waals surface area contributed by atoms with Crippen LogP contribution in [0.3, 0.4) is 0 Å². The Hall–Kier alpha value is -3.42. The molecule has 0 bridgehead atoms. The second-order valence-corrected chi connectivity index (χ2v) is 24.5. The lowest BCUT2D eigenvalue weighted by molar-refractivity contribution is -0.285. The second kappa shape index (κ2) is 26.5. The average molecular weight is 975 g/mol. The van der Waals surface area contributed by atoms with Crippen LogP contribution < -0.4 is 9.47 Å². The molecule has 3 aliphatic heterocycles. The van der Waals surface area contributed by atoms with Gasteiger partial charge in [0.25, 0.3) is 5.79 Å². The maximum Gasteiger partial charge on any atom is 0.309 e. The highest BCUT2D eigenvalue weighted by molar-refractivity contribution is 5.80. The number of hydrogen-bond donors (Lipinski definition) is 2. The molecule has 8 nitrogen and oxygen atoms in total. The molecule has 3 heterocycles. The summed E-state index contributed by atoms with van der Waals surface area (Å²) >= 11 is 0. The average Bonchev–Trinajstić information content (AvgIpc) is 3.43. The van der Waals surface area contributed by atoms with Crippen molar-refractivity contribution in [2.75, 3.05) is 0 Å².